The maximum absolute atomic E-state index is 11.2. The lowest BCUT2D eigenvalue weighted by Crippen LogP contribution is -2.44. The third kappa shape index (κ3) is 3.73. The summed E-state index contributed by atoms with van der Waals surface area (Å²) in [6.07, 6.45) is 2.08. The first-order chi connectivity index (χ1) is 8.34. The summed E-state index contributed by atoms with van der Waals surface area (Å²) < 4.78 is 0. The number of hydrogen-bond donors (Lipinski definition) is 2. The van der Waals surface area contributed by atoms with E-state index in [1.807, 2.05) is 20.8 Å². The number of pyridine rings is 1. The highest BCUT2D eigenvalue weighted by Gasteiger charge is 2.26. The smallest absolute Gasteiger partial charge is 0.408 e. The van der Waals surface area contributed by atoms with Gasteiger partial charge in [0.1, 0.15) is 0 Å². The van der Waals surface area contributed by atoms with Crippen LogP contribution in [0.15, 0.2) is 23.4 Å². The van der Waals surface area contributed by atoms with Gasteiger partial charge < -0.3 is 10.9 Å². The van der Waals surface area contributed by atoms with Gasteiger partial charge in [0.2, 0.25) is 0 Å². The van der Waals surface area contributed by atoms with E-state index in [4.69, 9.17) is 5.84 Å². The van der Waals surface area contributed by atoms with E-state index in [1.165, 1.54) is 11.1 Å². The maximum Gasteiger partial charge on any atom is 0.408 e. The van der Waals surface area contributed by atoms with Crippen LogP contribution in [0.1, 0.15) is 32.0 Å². The van der Waals surface area contributed by atoms with E-state index in [0.717, 1.165) is 5.56 Å². The van der Waals surface area contributed by atoms with Gasteiger partial charge in [-0.1, -0.05) is 0 Å². The van der Waals surface area contributed by atoms with Gasteiger partial charge in [0.25, 0.3) is 0 Å². The molecule has 0 aromatic carbocycles. The van der Waals surface area contributed by atoms with E-state index >= 15 is 0 Å². The van der Waals surface area contributed by atoms with E-state index in [-0.39, 0.29) is 0 Å². The third-order valence-corrected chi connectivity index (χ3v) is 2.43. The summed E-state index contributed by atoms with van der Waals surface area (Å²) in [4.78, 5) is 16.6. The van der Waals surface area contributed by atoms with Gasteiger partial charge in [-0.3, -0.25) is 9.88 Å². The number of carbonyl (C=O) groups is 1. The first-order valence-electron chi connectivity index (χ1n) is 5.53. The first kappa shape index (κ1) is 14.0. The van der Waals surface area contributed by atoms with Crippen LogP contribution in [-0.2, 0) is 6.54 Å². The van der Waals surface area contributed by atoms with E-state index in [2.05, 4.69) is 10.1 Å². The second-order valence-corrected chi connectivity index (χ2v) is 4.91. The highest BCUT2D eigenvalue weighted by atomic mass is 16.4. The zero-order chi connectivity index (χ0) is 13.8. The van der Waals surface area contributed by atoms with Gasteiger partial charge in [-0.15, -0.1) is 0 Å². The molecule has 0 fully saturated rings. The molecule has 0 radical (unpaired) electrons. The van der Waals surface area contributed by atoms with Crippen molar-refractivity contribution in [3.05, 3.63) is 29.6 Å². The number of carboxylic acid groups (broad SMARTS) is 1. The molecule has 0 aliphatic heterocycles. The number of nitrogens with zero attached hydrogens (tertiary/aromatic N) is 3. The number of amides is 1. The summed E-state index contributed by atoms with van der Waals surface area (Å²) in [6.45, 7) is 5.85. The summed E-state index contributed by atoms with van der Waals surface area (Å²) in [6, 6.07) is 3.54. The van der Waals surface area contributed by atoms with Crippen molar-refractivity contribution >= 4 is 12.3 Å². The lowest BCUT2D eigenvalue weighted by atomic mass is 10.1. The van der Waals surface area contributed by atoms with Crippen LogP contribution in [0.4, 0.5) is 4.79 Å². The number of nitrogens with two attached hydrogens (primary N) is 1. The van der Waals surface area contributed by atoms with Crippen molar-refractivity contribution in [2.75, 3.05) is 0 Å². The Morgan fingerprint density at radius 2 is 2.28 bits per heavy atom. The Bertz CT molecular complexity index is 452. The molecule has 0 spiro atoms. The standard InChI is InChI=1S/C12H18N4O2/c1-12(2,3)16(11(17)18)8-9-4-5-14-10(6-9)7-15-13/h4-7H,8,13H2,1-3H3,(H,17,18). The predicted octanol–water partition coefficient (Wildman–Crippen LogP) is 1.65. The van der Waals surface area contributed by atoms with Gasteiger partial charge in [-0.2, -0.15) is 5.10 Å². The molecule has 98 valence electrons. The van der Waals surface area contributed by atoms with Crippen LogP contribution in [0.3, 0.4) is 0 Å². The molecule has 0 bridgehead atoms. The quantitative estimate of drug-likeness (QED) is 0.484. The number of hydrazone groups is 1. The minimum atomic E-state index is -0.951. The molecule has 1 aromatic rings. The SMILES string of the molecule is CC(C)(C)N(Cc1ccnc(C=NN)c1)C(=O)O. The number of aromatic nitrogens is 1. The van der Waals surface area contributed by atoms with E-state index in [0.29, 0.717) is 12.2 Å². The molecular weight excluding hydrogens is 232 g/mol. The van der Waals surface area contributed by atoms with Crippen LogP contribution in [0.2, 0.25) is 0 Å². The van der Waals surface area contributed by atoms with Crippen molar-refractivity contribution in [2.24, 2.45) is 10.9 Å². The maximum atomic E-state index is 11.2. The Morgan fingerprint density at radius 1 is 1.61 bits per heavy atom. The summed E-state index contributed by atoms with van der Waals surface area (Å²) >= 11 is 0. The fraction of sp³-hybridized carbons (Fsp3) is 0.417. The molecule has 0 saturated heterocycles. The van der Waals surface area contributed by atoms with Gasteiger partial charge in [-0.25, -0.2) is 4.79 Å². The minimum Gasteiger partial charge on any atom is -0.465 e. The molecule has 1 amide bonds. The average Bonchev–Trinajstić information content (AvgIpc) is 2.25. The van der Waals surface area contributed by atoms with Crippen LogP contribution < -0.4 is 5.84 Å². The van der Waals surface area contributed by atoms with Gasteiger partial charge >= 0.3 is 6.09 Å². The zero-order valence-electron chi connectivity index (χ0n) is 10.8. The van der Waals surface area contributed by atoms with E-state index < -0.39 is 11.6 Å². The van der Waals surface area contributed by atoms with E-state index in [9.17, 15) is 9.90 Å². The van der Waals surface area contributed by atoms with Gasteiger partial charge in [-0.05, 0) is 38.5 Å². The largest absolute Gasteiger partial charge is 0.465 e. The monoisotopic (exact) mass is 250 g/mol. The lowest BCUT2D eigenvalue weighted by molar-refractivity contribution is 0.0955. The Kier molecular flexibility index (Phi) is 4.25. The van der Waals surface area contributed by atoms with Crippen molar-refractivity contribution in [2.45, 2.75) is 32.9 Å². The molecule has 6 nitrogen and oxygen atoms in total. The van der Waals surface area contributed by atoms with Crippen molar-refractivity contribution in [3.8, 4) is 0 Å². The third-order valence-electron chi connectivity index (χ3n) is 2.43. The van der Waals surface area contributed by atoms with Crippen LogP contribution in [0.25, 0.3) is 0 Å². The molecule has 0 saturated carbocycles. The first-order valence-corrected chi connectivity index (χ1v) is 5.53. The molecule has 3 N–H and O–H groups in total. The molecular formula is C12H18N4O2. The molecule has 6 heteroatoms. The highest BCUT2D eigenvalue weighted by molar-refractivity contribution is 5.76. The number of rotatable bonds is 3. The second-order valence-electron chi connectivity index (χ2n) is 4.91. The Hall–Kier alpha value is -2.11. The summed E-state index contributed by atoms with van der Waals surface area (Å²) in [5.41, 5.74) is 0.989. The summed E-state index contributed by atoms with van der Waals surface area (Å²) in [5, 5.41) is 12.6. The Balaban J connectivity index is 2.94. The molecule has 0 unspecified atom stereocenters. The normalized spacial score (nSPS) is 11.7. The fourth-order valence-corrected chi connectivity index (χ4v) is 1.51. The van der Waals surface area contributed by atoms with Crippen LogP contribution in [0, 0.1) is 0 Å². The van der Waals surface area contributed by atoms with Crippen molar-refractivity contribution in [3.63, 3.8) is 0 Å². The molecule has 1 rings (SSSR count). The topological polar surface area (TPSA) is 91.8 Å². The van der Waals surface area contributed by atoms with Gasteiger partial charge in [0, 0.05) is 18.3 Å². The molecule has 18 heavy (non-hydrogen) atoms. The van der Waals surface area contributed by atoms with E-state index in [1.54, 1.807) is 18.3 Å². The average molecular weight is 250 g/mol. The van der Waals surface area contributed by atoms with Crippen molar-refractivity contribution in [1.29, 1.82) is 0 Å². The summed E-state index contributed by atoms with van der Waals surface area (Å²) in [7, 11) is 0. The predicted molar refractivity (Wildman–Crippen MR) is 69.3 cm³/mol. The molecule has 0 aliphatic carbocycles. The molecule has 0 aliphatic rings. The lowest BCUT2D eigenvalue weighted by Gasteiger charge is -2.33. The van der Waals surface area contributed by atoms with Crippen LogP contribution >= 0.6 is 0 Å². The van der Waals surface area contributed by atoms with Crippen molar-refractivity contribution in [1.82, 2.24) is 9.88 Å². The van der Waals surface area contributed by atoms with Gasteiger partial charge in [0.05, 0.1) is 11.9 Å². The minimum absolute atomic E-state index is 0.298. The highest BCUT2D eigenvalue weighted by Crippen LogP contribution is 2.17. The van der Waals surface area contributed by atoms with Gasteiger partial charge in [0.15, 0.2) is 0 Å². The number of hydrogen-bond acceptors (Lipinski definition) is 4. The Morgan fingerprint density at radius 3 is 2.78 bits per heavy atom. The van der Waals surface area contributed by atoms with Crippen LogP contribution in [0.5, 0.6) is 0 Å². The van der Waals surface area contributed by atoms with Crippen molar-refractivity contribution < 1.29 is 9.90 Å². The molecule has 0 atom stereocenters. The van der Waals surface area contributed by atoms with Crippen LogP contribution in [-0.4, -0.2) is 32.8 Å². The second kappa shape index (κ2) is 5.48. The molecule has 1 aromatic heterocycles. The summed E-state index contributed by atoms with van der Waals surface area (Å²) in [5.74, 6) is 5.05. The zero-order valence-corrected chi connectivity index (χ0v) is 10.8. The Labute approximate surface area is 106 Å². The molecule has 1 heterocycles. The fourth-order valence-electron chi connectivity index (χ4n) is 1.51.